The Hall–Kier alpha value is -1.55. The van der Waals surface area contributed by atoms with Gasteiger partial charge >= 0.3 is 0 Å². The molecular weight excluding hydrogens is 276 g/mol. The second-order valence-electron chi connectivity index (χ2n) is 5.35. The fourth-order valence-corrected chi connectivity index (χ4v) is 2.62. The Balaban J connectivity index is 2.41. The first-order valence-electron chi connectivity index (χ1n) is 6.82. The first kappa shape index (κ1) is 14.9. The minimum atomic E-state index is -0.458. The third kappa shape index (κ3) is 2.96. The van der Waals surface area contributed by atoms with Crippen LogP contribution in [-0.4, -0.2) is 23.7 Å². The van der Waals surface area contributed by atoms with Gasteiger partial charge in [-0.25, -0.2) is 0 Å². The molecule has 4 nitrogen and oxygen atoms in total. The molecule has 1 aromatic carbocycles. The van der Waals surface area contributed by atoms with Crippen molar-refractivity contribution in [2.45, 2.75) is 32.7 Å². The summed E-state index contributed by atoms with van der Waals surface area (Å²) in [6, 6.07) is 6.91. The zero-order valence-electron chi connectivity index (χ0n) is 11.7. The van der Waals surface area contributed by atoms with Gasteiger partial charge in [0.2, 0.25) is 11.8 Å². The molecular formula is C15H19ClN2O2. The van der Waals surface area contributed by atoms with E-state index in [1.54, 1.807) is 11.0 Å². The molecule has 1 aliphatic heterocycles. The first-order valence-corrected chi connectivity index (χ1v) is 7.36. The van der Waals surface area contributed by atoms with Crippen LogP contribution in [0.25, 0.3) is 0 Å². The summed E-state index contributed by atoms with van der Waals surface area (Å²) in [5, 5.41) is 2.88. The number of benzene rings is 1. The van der Waals surface area contributed by atoms with Crippen molar-refractivity contribution >= 4 is 34.8 Å². The number of para-hydroxylation sites is 2. The number of fused-ring (bicyclic) bond motifs is 1. The highest BCUT2D eigenvalue weighted by atomic mass is 35.5. The molecule has 1 N–H and O–H groups in total. The Kier molecular flexibility index (Phi) is 4.65. The highest BCUT2D eigenvalue weighted by Crippen LogP contribution is 2.34. The zero-order valence-corrected chi connectivity index (χ0v) is 12.5. The molecule has 0 spiro atoms. The lowest BCUT2D eigenvalue weighted by Gasteiger charge is -2.37. The summed E-state index contributed by atoms with van der Waals surface area (Å²) in [5.41, 5.74) is 1.44. The lowest BCUT2D eigenvalue weighted by Crippen LogP contribution is -2.51. The van der Waals surface area contributed by atoms with Gasteiger partial charge in [-0.2, -0.15) is 0 Å². The summed E-state index contributed by atoms with van der Waals surface area (Å²) in [6.45, 7) is 4.08. The minimum Gasteiger partial charge on any atom is -0.322 e. The number of hydrogen-bond acceptors (Lipinski definition) is 2. The maximum absolute atomic E-state index is 12.4. The van der Waals surface area contributed by atoms with Crippen LogP contribution in [0, 0.1) is 5.92 Å². The van der Waals surface area contributed by atoms with E-state index in [4.69, 9.17) is 11.6 Å². The van der Waals surface area contributed by atoms with Crippen LogP contribution in [0.2, 0.25) is 0 Å². The van der Waals surface area contributed by atoms with Crippen LogP contribution in [0.4, 0.5) is 11.4 Å². The highest BCUT2D eigenvalue weighted by molar-refractivity contribution is 6.20. The van der Waals surface area contributed by atoms with Crippen LogP contribution in [-0.2, 0) is 9.59 Å². The van der Waals surface area contributed by atoms with Crippen LogP contribution < -0.4 is 10.2 Å². The van der Waals surface area contributed by atoms with Gasteiger partial charge in [0.15, 0.2) is 0 Å². The molecule has 5 heteroatoms. The standard InChI is InChI=1S/C15H19ClN2O2/c1-10(2)9-13-15(20)17-11-5-3-4-6-12(11)18(13)14(19)7-8-16/h3-6,10,13H,7-9H2,1-2H3,(H,17,20)/t13-/m0/s1. The minimum absolute atomic E-state index is 0.104. The molecule has 20 heavy (non-hydrogen) atoms. The number of alkyl halides is 1. The molecule has 0 aliphatic carbocycles. The predicted molar refractivity (Wildman–Crippen MR) is 81.1 cm³/mol. The first-order chi connectivity index (χ1) is 9.54. The maximum atomic E-state index is 12.4. The van der Waals surface area contributed by atoms with Gasteiger partial charge in [0.25, 0.3) is 0 Å². The van der Waals surface area contributed by atoms with E-state index in [-0.39, 0.29) is 24.1 Å². The van der Waals surface area contributed by atoms with Crippen molar-refractivity contribution in [1.29, 1.82) is 0 Å². The highest BCUT2D eigenvalue weighted by Gasteiger charge is 2.36. The monoisotopic (exact) mass is 294 g/mol. The number of rotatable bonds is 4. The Morgan fingerprint density at radius 3 is 2.75 bits per heavy atom. The summed E-state index contributed by atoms with van der Waals surface area (Å²) in [5.74, 6) is 0.351. The van der Waals surface area contributed by atoms with E-state index >= 15 is 0 Å². The van der Waals surface area contributed by atoms with Crippen molar-refractivity contribution in [2.75, 3.05) is 16.1 Å². The number of halogens is 1. The average Bonchev–Trinajstić information content (AvgIpc) is 2.39. The van der Waals surface area contributed by atoms with Gasteiger partial charge < -0.3 is 5.32 Å². The van der Waals surface area contributed by atoms with Crippen molar-refractivity contribution in [2.24, 2.45) is 5.92 Å². The fourth-order valence-electron chi connectivity index (χ4n) is 2.46. The van der Waals surface area contributed by atoms with Crippen molar-refractivity contribution in [3.63, 3.8) is 0 Å². The molecule has 1 aliphatic rings. The molecule has 2 amide bonds. The molecule has 0 saturated heterocycles. The van der Waals surface area contributed by atoms with Crippen molar-refractivity contribution in [3.8, 4) is 0 Å². The molecule has 2 rings (SSSR count). The molecule has 0 unspecified atom stereocenters. The topological polar surface area (TPSA) is 49.4 Å². The lowest BCUT2D eigenvalue weighted by atomic mass is 9.98. The Labute approximate surface area is 124 Å². The molecule has 1 aromatic rings. The van der Waals surface area contributed by atoms with Gasteiger partial charge in [-0.05, 0) is 24.5 Å². The largest absolute Gasteiger partial charge is 0.322 e. The number of carbonyl (C=O) groups is 2. The zero-order chi connectivity index (χ0) is 14.7. The average molecular weight is 295 g/mol. The third-order valence-corrected chi connectivity index (χ3v) is 3.50. The van der Waals surface area contributed by atoms with Crippen LogP contribution in [0.1, 0.15) is 26.7 Å². The van der Waals surface area contributed by atoms with E-state index in [1.807, 2.05) is 32.0 Å². The SMILES string of the molecule is CC(C)C[C@H]1C(=O)Nc2ccccc2N1C(=O)CCCl. The Morgan fingerprint density at radius 2 is 2.10 bits per heavy atom. The van der Waals surface area contributed by atoms with Crippen molar-refractivity contribution < 1.29 is 9.59 Å². The third-order valence-electron chi connectivity index (χ3n) is 3.31. The van der Waals surface area contributed by atoms with Gasteiger partial charge in [0, 0.05) is 12.3 Å². The fraction of sp³-hybridized carbons (Fsp3) is 0.467. The van der Waals surface area contributed by atoms with Gasteiger partial charge in [-0.15, -0.1) is 11.6 Å². The van der Waals surface area contributed by atoms with Crippen LogP contribution in [0.15, 0.2) is 24.3 Å². The van der Waals surface area contributed by atoms with Crippen LogP contribution >= 0.6 is 11.6 Å². The molecule has 0 fully saturated rings. The number of hydrogen-bond donors (Lipinski definition) is 1. The van der Waals surface area contributed by atoms with Crippen molar-refractivity contribution in [1.82, 2.24) is 0 Å². The molecule has 0 saturated carbocycles. The maximum Gasteiger partial charge on any atom is 0.247 e. The number of anilines is 2. The molecule has 108 valence electrons. The summed E-state index contributed by atoms with van der Waals surface area (Å²) in [4.78, 5) is 26.2. The van der Waals surface area contributed by atoms with Crippen LogP contribution in [0.3, 0.4) is 0 Å². The van der Waals surface area contributed by atoms with E-state index in [2.05, 4.69) is 5.32 Å². The normalized spacial score (nSPS) is 17.9. The predicted octanol–water partition coefficient (Wildman–Crippen LogP) is 3.02. The molecule has 1 atom stereocenters. The van der Waals surface area contributed by atoms with E-state index < -0.39 is 6.04 Å². The molecule has 0 radical (unpaired) electrons. The summed E-state index contributed by atoms with van der Waals surface area (Å²) in [6.07, 6.45) is 0.867. The van der Waals surface area contributed by atoms with E-state index in [0.717, 1.165) is 5.69 Å². The summed E-state index contributed by atoms with van der Waals surface area (Å²) >= 11 is 5.68. The Morgan fingerprint density at radius 1 is 1.40 bits per heavy atom. The summed E-state index contributed by atoms with van der Waals surface area (Å²) < 4.78 is 0. The number of nitrogens with one attached hydrogen (secondary N) is 1. The molecule has 0 bridgehead atoms. The number of carbonyl (C=O) groups excluding carboxylic acids is 2. The van der Waals surface area contributed by atoms with Gasteiger partial charge in [-0.1, -0.05) is 26.0 Å². The number of amides is 2. The quantitative estimate of drug-likeness (QED) is 0.868. The van der Waals surface area contributed by atoms with E-state index in [9.17, 15) is 9.59 Å². The lowest BCUT2D eigenvalue weighted by molar-refractivity contribution is -0.124. The van der Waals surface area contributed by atoms with Gasteiger partial charge in [-0.3, -0.25) is 14.5 Å². The van der Waals surface area contributed by atoms with E-state index in [0.29, 0.717) is 18.0 Å². The van der Waals surface area contributed by atoms with Crippen LogP contribution in [0.5, 0.6) is 0 Å². The molecule has 0 aromatic heterocycles. The second kappa shape index (κ2) is 6.27. The Bertz CT molecular complexity index is 516. The molecule has 1 heterocycles. The summed E-state index contributed by atoms with van der Waals surface area (Å²) in [7, 11) is 0. The second-order valence-corrected chi connectivity index (χ2v) is 5.73. The van der Waals surface area contributed by atoms with Gasteiger partial charge in [0.1, 0.15) is 6.04 Å². The van der Waals surface area contributed by atoms with Crippen molar-refractivity contribution in [3.05, 3.63) is 24.3 Å². The number of nitrogens with zero attached hydrogens (tertiary/aromatic N) is 1. The smallest absolute Gasteiger partial charge is 0.247 e. The van der Waals surface area contributed by atoms with E-state index in [1.165, 1.54) is 0 Å². The van der Waals surface area contributed by atoms with Gasteiger partial charge in [0.05, 0.1) is 11.4 Å².